The Kier molecular flexibility index (Phi) is 8.11. The van der Waals surface area contributed by atoms with Crippen molar-refractivity contribution in [3.63, 3.8) is 0 Å². The minimum absolute atomic E-state index is 0.0469. The van der Waals surface area contributed by atoms with E-state index < -0.39 is 46.8 Å². The van der Waals surface area contributed by atoms with Gasteiger partial charge in [0, 0.05) is 23.3 Å². The number of nitro groups is 1. The third kappa shape index (κ3) is 5.63. The maximum absolute atomic E-state index is 13.7. The molecule has 12 heteroatoms. The topological polar surface area (TPSA) is 127 Å². The normalized spacial score (nSPS) is 19.4. The fraction of sp³-hybridized carbons (Fsp3) is 0.200. The van der Waals surface area contributed by atoms with Crippen LogP contribution in [0.5, 0.6) is 11.5 Å². The Morgan fingerprint density at radius 3 is 2.17 bits per heavy atom. The molecule has 1 aliphatic carbocycles. The zero-order chi connectivity index (χ0) is 30.1. The number of nitrogens with zero attached hydrogens (tertiary/aromatic N) is 3. The fourth-order valence-electron chi connectivity index (χ4n) is 5.09. The van der Waals surface area contributed by atoms with Crippen LogP contribution in [-0.2, 0) is 9.59 Å². The first kappa shape index (κ1) is 29.0. The van der Waals surface area contributed by atoms with Crippen molar-refractivity contribution in [3.05, 3.63) is 110 Å². The highest BCUT2D eigenvalue weighted by Gasteiger charge is 2.53. The Morgan fingerprint density at radius 1 is 0.952 bits per heavy atom. The van der Waals surface area contributed by atoms with Gasteiger partial charge in [0.05, 0.1) is 26.8 Å². The van der Waals surface area contributed by atoms with E-state index in [0.29, 0.717) is 17.9 Å². The van der Waals surface area contributed by atoms with E-state index in [1.165, 1.54) is 66.7 Å². The van der Waals surface area contributed by atoms with Gasteiger partial charge in [-0.05, 0) is 66.9 Å². The van der Waals surface area contributed by atoms with E-state index in [2.05, 4.69) is 0 Å². The molecule has 5 rings (SSSR count). The number of carbonyl (C=O) groups excluding carboxylic acids is 4. The Labute approximate surface area is 250 Å². The molecule has 0 unspecified atom stereocenters. The van der Waals surface area contributed by atoms with Gasteiger partial charge in [0.15, 0.2) is 5.78 Å². The molecule has 3 amide bonds. The summed E-state index contributed by atoms with van der Waals surface area (Å²) in [5.41, 5.74) is 0.165. The standard InChI is InChI=1S/C30H23Cl2N3O7/c1-17-3-2-4-23-27(17)30(39)34(29(23)38)33(28(37)19-7-14-24(31)25(32)15-19)16-26(36)18-5-10-21(11-6-18)42-22-12-8-20(9-13-22)35(40)41/h2-3,5-15,17,23,27H,4,16H2,1H3/t17-,23+,27-/m1/s1. The van der Waals surface area contributed by atoms with Gasteiger partial charge in [-0.1, -0.05) is 42.3 Å². The van der Waals surface area contributed by atoms with E-state index >= 15 is 0 Å². The number of rotatable bonds is 8. The summed E-state index contributed by atoms with van der Waals surface area (Å²) in [6.45, 7) is 1.24. The van der Waals surface area contributed by atoms with Crippen LogP contribution in [0, 0.1) is 27.9 Å². The third-order valence-corrected chi connectivity index (χ3v) is 7.98. The van der Waals surface area contributed by atoms with Crippen LogP contribution < -0.4 is 4.74 Å². The van der Waals surface area contributed by atoms with Crippen LogP contribution in [0.1, 0.15) is 34.1 Å². The lowest BCUT2D eigenvalue weighted by Crippen LogP contribution is -2.52. The molecule has 1 aliphatic heterocycles. The molecule has 42 heavy (non-hydrogen) atoms. The predicted octanol–water partition coefficient (Wildman–Crippen LogP) is 6.13. The summed E-state index contributed by atoms with van der Waals surface area (Å²) < 4.78 is 5.69. The van der Waals surface area contributed by atoms with Crippen LogP contribution in [0.2, 0.25) is 10.0 Å². The number of allylic oxidation sites excluding steroid dienone is 2. The van der Waals surface area contributed by atoms with Crippen LogP contribution in [0.25, 0.3) is 0 Å². The highest BCUT2D eigenvalue weighted by molar-refractivity contribution is 6.42. The number of nitro benzene ring substituents is 1. The molecule has 0 spiro atoms. The smallest absolute Gasteiger partial charge is 0.273 e. The molecule has 3 aromatic rings. The van der Waals surface area contributed by atoms with Gasteiger partial charge in [-0.25, -0.2) is 5.01 Å². The Balaban J connectivity index is 1.39. The predicted molar refractivity (Wildman–Crippen MR) is 153 cm³/mol. The monoisotopic (exact) mass is 607 g/mol. The average molecular weight is 608 g/mol. The van der Waals surface area contributed by atoms with Crippen molar-refractivity contribution in [2.75, 3.05) is 6.54 Å². The zero-order valence-electron chi connectivity index (χ0n) is 22.1. The molecule has 214 valence electrons. The summed E-state index contributed by atoms with van der Waals surface area (Å²) in [4.78, 5) is 64.4. The van der Waals surface area contributed by atoms with Crippen molar-refractivity contribution in [2.45, 2.75) is 13.3 Å². The van der Waals surface area contributed by atoms with Crippen LogP contribution in [-0.4, -0.2) is 45.0 Å². The van der Waals surface area contributed by atoms with Gasteiger partial charge >= 0.3 is 0 Å². The van der Waals surface area contributed by atoms with Gasteiger partial charge in [0.2, 0.25) is 0 Å². The first-order chi connectivity index (χ1) is 20.0. The lowest BCUT2D eigenvalue weighted by atomic mass is 9.78. The van der Waals surface area contributed by atoms with Gasteiger partial charge in [-0.15, -0.1) is 0 Å². The van der Waals surface area contributed by atoms with Gasteiger partial charge in [-0.2, -0.15) is 5.01 Å². The second kappa shape index (κ2) is 11.8. The van der Waals surface area contributed by atoms with Gasteiger partial charge in [0.25, 0.3) is 23.4 Å². The number of hydrogen-bond acceptors (Lipinski definition) is 7. The van der Waals surface area contributed by atoms with Crippen LogP contribution in [0.15, 0.2) is 78.9 Å². The number of imide groups is 1. The second-order valence-corrected chi connectivity index (χ2v) is 10.8. The lowest BCUT2D eigenvalue weighted by Gasteiger charge is -2.30. The molecular weight excluding hydrogens is 585 g/mol. The molecule has 0 bridgehead atoms. The Morgan fingerprint density at radius 2 is 1.57 bits per heavy atom. The number of halogens is 2. The molecule has 0 N–H and O–H groups in total. The summed E-state index contributed by atoms with van der Waals surface area (Å²) in [7, 11) is 0. The van der Waals surface area contributed by atoms with Crippen LogP contribution in [0.3, 0.4) is 0 Å². The van der Waals surface area contributed by atoms with Crippen molar-refractivity contribution >= 4 is 52.4 Å². The molecule has 0 radical (unpaired) electrons. The average Bonchev–Trinajstić information content (AvgIpc) is 3.23. The number of hydrazine groups is 1. The van der Waals surface area contributed by atoms with E-state index in [9.17, 15) is 29.3 Å². The number of hydrogen-bond donors (Lipinski definition) is 0. The van der Waals surface area contributed by atoms with Gasteiger partial charge in [0.1, 0.15) is 18.0 Å². The van der Waals surface area contributed by atoms with Crippen molar-refractivity contribution in [1.29, 1.82) is 0 Å². The summed E-state index contributed by atoms with van der Waals surface area (Å²) in [5.74, 6) is -3.16. The molecular formula is C30H23Cl2N3O7. The van der Waals surface area contributed by atoms with Crippen molar-refractivity contribution in [2.24, 2.45) is 17.8 Å². The number of non-ortho nitro benzene ring substituents is 1. The van der Waals surface area contributed by atoms with E-state index in [1.54, 1.807) is 0 Å². The summed E-state index contributed by atoms with van der Waals surface area (Å²) in [5, 5.41) is 12.8. The molecule has 2 aliphatic rings. The van der Waals surface area contributed by atoms with Crippen molar-refractivity contribution < 1.29 is 28.8 Å². The third-order valence-electron chi connectivity index (χ3n) is 7.24. The van der Waals surface area contributed by atoms with E-state index in [-0.39, 0.29) is 32.8 Å². The molecule has 0 aromatic heterocycles. The lowest BCUT2D eigenvalue weighted by molar-refractivity contribution is -0.384. The number of amides is 3. The van der Waals surface area contributed by atoms with E-state index in [1.807, 2.05) is 19.1 Å². The molecule has 3 atom stereocenters. The second-order valence-electron chi connectivity index (χ2n) is 9.94. The minimum Gasteiger partial charge on any atom is -0.457 e. The molecule has 1 fully saturated rings. The van der Waals surface area contributed by atoms with Crippen molar-refractivity contribution in [3.8, 4) is 11.5 Å². The number of carbonyl (C=O) groups is 4. The maximum Gasteiger partial charge on any atom is 0.273 e. The summed E-state index contributed by atoms with van der Waals surface area (Å²) in [6, 6.07) is 15.6. The maximum atomic E-state index is 13.7. The molecule has 1 saturated heterocycles. The SMILES string of the molecule is C[C@@H]1C=CC[C@@H]2C(=O)N(N(CC(=O)c3ccc(Oc4ccc([N+](=O)[O-])cc4)cc3)C(=O)c3ccc(Cl)c(Cl)c3)C(=O)[C@H]12. The molecule has 10 nitrogen and oxygen atoms in total. The fourth-order valence-corrected chi connectivity index (χ4v) is 5.39. The number of ether oxygens (including phenoxy) is 1. The van der Waals surface area contributed by atoms with Crippen LogP contribution >= 0.6 is 23.2 Å². The number of fused-ring (bicyclic) bond motifs is 1. The molecule has 1 heterocycles. The summed E-state index contributed by atoms with van der Waals surface area (Å²) >= 11 is 12.1. The highest BCUT2D eigenvalue weighted by atomic mass is 35.5. The van der Waals surface area contributed by atoms with E-state index in [4.69, 9.17) is 27.9 Å². The molecule has 3 aromatic carbocycles. The number of ketones is 1. The van der Waals surface area contributed by atoms with Gasteiger partial charge in [-0.3, -0.25) is 29.3 Å². The van der Waals surface area contributed by atoms with Gasteiger partial charge < -0.3 is 4.74 Å². The minimum atomic E-state index is -0.763. The van der Waals surface area contributed by atoms with E-state index in [0.717, 1.165) is 10.0 Å². The quantitative estimate of drug-likeness (QED) is 0.0990. The number of benzene rings is 3. The summed E-state index contributed by atoms with van der Waals surface area (Å²) in [6.07, 6.45) is 4.07. The Hall–Kier alpha value is -4.54. The Bertz CT molecular complexity index is 1620. The molecule has 0 saturated carbocycles. The van der Waals surface area contributed by atoms with Crippen LogP contribution in [0.4, 0.5) is 5.69 Å². The first-order valence-electron chi connectivity index (χ1n) is 12.9. The number of Topliss-reactive ketones (excluding diaryl/α,β-unsaturated/α-hetero) is 1. The highest BCUT2D eigenvalue weighted by Crippen LogP contribution is 2.39. The largest absolute Gasteiger partial charge is 0.457 e. The van der Waals surface area contributed by atoms with Crippen molar-refractivity contribution in [1.82, 2.24) is 10.0 Å². The zero-order valence-corrected chi connectivity index (χ0v) is 23.6. The first-order valence-corrected chi connectivity index (χ1v) is 13.7.